The second kappa shape index (κ2) is 6.45. The van der Waals surface area contributed by atoms with E-state index < -0.39 is 0 Å². The van der Waals surface area contributed by atoms with Gasteiger partial charge in [0.25, 0.3) is 0 Å². The maximum absolute atomic E-state index is 11.9. The molecule has 0 fully saturated rings. The zero-order valence-electron chi connectivity index (χ0n) is 11.7. The molecule has 0 unspecified atom stereocenters. The molecule has 1 N–H and O–H groups in total. The van der Waals surface area contributed by atoms with E-state index in [0.29, 0.717) is 17.4 Å². The first-order valence-corrected chi connectivity index (χ1v) is 7.24. The highest BCUT2D eigenvalue weighted by atomic mass is 35.5. The van der Waals surface area contributed by atoms with E-state index >= 15 is 0 Å². The van der Waals surface area contributed by atoms with E-state index in [0.717, 1.165) is 11.2 Å². The Kier molecular flexibility index (Phi) is 4.21. The number of pyridine rings is 1. The molecule has 0 aliphatic rings. The van der Waals surface area contributed by atoms with Crippen molar-refractivity contribution >= 4 is 29.2 Å². The summed E-state index contributed by atoms with van der Waals surface area (Å²) in [6.07, 6.45) is 4.99. The number of imidazole rings is 1. The smallest absolute Gasteiger partial charge is 0.244 e. The van der Waals surface area contributed by atoms with E-state index in [9.17, 15) is 4.79 Å². The van der Waals surface area contributed by atoms with Crippen molar-refractivity contribution in [2.75, 3.05) is 0 Å². The molecular formula is C17H14ClN3O. The lowest BCUT2D eigenvalue weighted by molar-refractivity contribution is -0.116. The molecule has 2 aromatic heterocycles. The van der Waals surface area contributed by atoms with Gasteiger partial charge in [-0.05, 0) is 23.8 Å². The molecular weight excluding hydrogens is 298 g/mol. The van der Waals surface area contributed by atoms with Crippen molar-refractivity contribution in [3.8, 4) is 0 Å². The number of hydrogen-bond donors (Lipinski definition) is 1. The molecule has 1 amide bonds. The summed E-state index contributed by atoms with van der Waals surface area (Å²) in [5.41, 5.74) is 2.49. The van der Waals surface area contributed by atoms with Gasteiger partial charge in [-0.15, -0.1) is 0 Å². The number of aromatic nitrogens is 2. The lowest BCUT2D eigenvalue weighted by Gasteiger charge is -2.02. The van der Waals surface area contributed by atoms with E-state index in [1.54, 1.807) is 6.08 Å². The van der Waals surface area contributed by atoms with Crippen molar-refractivity contribution < 1.29 is 4.79 Å². The Hall–Kier alpha value is -2.59. The highest BCUT2D eigenvalue weighted by Crippen LogP contribution is 2.18. The summed E-state index contributed by atoms with van der Waals surface area (Å²) in [6, 6.07) is 15.4. The lowest BCUT2D eigenvalue weighted by atomic mass is 10.2. The summed E-state index contributed by atoms with van der Waals surface area (Å²) in [5, 5.41) is 3.20. The average Bonchev–Trinajstić information content (AvgIpc) is 2.87. The number of amides is 1. The van der Waals surface area contributed by atoms with Crippen LogP contribution in [0.4, 0.5) is 0 Å². The minimum atomic E-state index is -0.175. The molecule has 0 aliphatic carbocycles. The number of fused-ring (bicyclic) bond motifs is 1. The zero-order valence-corrected chi connectivity index (χ0v) is 12.5. The third-order valence-electron chi connectivity index (χ3n) is 3.22. The van der Waals surface area contributed by atoms with Crippen molar-refractivity contribution in [2.24, 2.45) is 0 Å². The largest absolute Gasteiger partial charge is 0.348 e. The summed E-state index contributed by atoms with van der Waals surface area (Å²) >= 11 is 6.11. The summed E-state index contributed by atoms with van der Waals surface area (Å²) in [4.78, 5) is 16.1. The molecule has 0 saturated heterocycles. The Morgan fingerprint density at radius 2 is 1.95 bits per heavy atom. The van der Waals surface area contributed by atoms with Crippen molar-refractivity contribution in [3.05, 3.63) is 77.2 Å². The quantitative estimate of drug-likeness (QED) is 0.751. The Morgan fingerprint density at radius 1 is 1.18 bits per heavy atom. The van der Waals surface area contributed by atoms with Gasteiger partial charge < -0.3 is 5.32 Å². The van der Waals surface area contributed by atoms with Crippen LogP contribution in [0.5, 0.6) is 0 Å². The first-order valence-electron chi connectivity index (χ1n) is 6.86. The average molecular weight is 312 g/mol. The second-order valence-corrected chi connectivity index (χ2v) is 5.11. The van der Waals surface area contributed by atoms with E-state index in [2.05, 4.69) is 10.3 Å². The summed E-state index contributed by atoms with van der Waals surface area (Å²) < 4.78 is 1.84. The van der Waals surface area contributed by atoms with Gasteiger partial charge in [-0.3, -0.25) is 9.20 Å². The molecule has 110 valence electrons. The highest BCUT2D eigenvalue weighted by Gasteiger charge is 2.07. The van der Waals surface area contributed by atoms with Crippen LogP contribution in [-0.4, -0.2) is 15.3 Å². The van der Waals surface area contributed by atoms with Crippen LogP contribution in [0.25, 0.3) is 11.7 Å². The molecule has 2 heterocycles. The maximum atomic E-state index is 11.9. The number of nitrogens with zero attached hydrogens (tertiary/aromatic N) is 2. The standard InChI is InChI=1S/C17H14ClN3O/c18-17-14(21-11-5-4-8-15(21)20-17)9-10-16(22)19-12-13-6-2-1-3-7-13/h1-11H,12H2,(H,19,22). The van der Waals surface area contributed by atoms with E-state index in [1.165, 1.54) is 6.08 Å². The Bertz CT molecular complexity index is 824. The molecule has 0 saturated carbocycles. The van der Waals surface area contributed by atoms with Crippen LogP contribution in [0.3, 0.4) is 0 Å². The molecule has 0 spiro atoms. The maximum Gasteiger partial charge on any atom is 0.244 e. The van der Waals surface area contributed by atoms with Gasteiger partial charge in [0, 0.05) is 18.8 Å². The fourth-order valence-electron chi connectivity index (χ4n) is 2.13. The van der Waals surface area contributed by atoms with Gasteiger partial charge >= 0.3 is 0 Å². The van der Waals surface area contributed by atoms with Gasteiger partial charge in [-0.1, -0.05) is 48.0 Å². The van der Waals surface area contributed by atoms with Crippen molar-refractivity contribution in [1.29, 1.82) is 0 Å². The number of halogens is 1. The molecule has 0 atom stereocenters. The van der Waals surface area contributed by atoms with Gasteiger partial charge in [0.1, 0.15) is 5.65 Å². The first kappa shape index (κ1) is 14.4. The minimum absolute atomic E-state index is 0.175. The van der Waals surface area contributed by atoms with E-state index in [-0.39, 0.29) is 5.91 Å². The molecule has 0 bridgehead atoms. The predicted octanol–water partition coefficient (Wildman–Crippen LogP) is 3.32. The number of rotatable bonds is 4. The summed E-state index contributed by atoms with van der Waals surface area (Å²) in [7, 11) is 0. The topological polar surface area (TPSA) is 46.4 Å². The van der Waals surface area contributed by atoms with Crippen LogP contribution >= 0.6 is 11.6 Å². The number of nitrogens with one attached hydrogen (secondary N) is 1. The molecule has 3 aromatic rings. The molecule has 0 radical (unpaired) electrons. The van der Waals surface area contributed by atoms with Gasteiger partial charge in [-0.25, -0.2) is 4.98 Å². The summed E-state index contributed by atoms with van der Waals surface area (Å²) in [6.45, 7) is 0.491. The molecule has 3 rings (SSSR count). The van der Waals surface area contributed by atoms with Gasteiger partial charge in [0.15, 0.2) is 5.15 Å². The second-order valence-electron chi connectivity index (χ2n) is 4.75. The molecule has 5 heteroatoms. The van der Waals surface area contributed by atoms with Crippen LogP contribution < -0.4 is 5.32 Å². The fourth-order valence-corrected chi connectivity index (χ4v) is 2.37. The molecule has 1 aromatic carbocycles. The van der Waals surface area contributed by atoms with Crippen LogP contribution in [0.15, 0.2) is 60.8 Å². The zero-order chi connectivity index (χ0) is 15.4. The Morgan fingerprint density at radius 3 is 2.77 bits per heavy atom. The fraction of sp³-hybridized carbons (Fsp3) is 0.0588. The Balaban J connectivity index is 1.70. The SMILES string of the molecule is O=C(C=Cc1c(Cl)nc2ccccn12)NCc1ccccc1. The van der Waals surface area contributed by atoms with Gasteiger partial charge in [-0.2, -0.15) is 0 Å². The molecule has 0 aliphatic heterocycles. The normalized spacial score (nSPS) is 11.1. The monoisotopic (exact) mass is 311 g/mol. The number of carbonyl (C=O) groups is 1. The predicted molar refractivity (Wildman–Crippen MR) is 87.5 cm³/mol. The van der Waals surface area contributed by atoms with Crippen LogP contribution in [0.2, 0.25) is 5.15 Å². The van der Waals surface area contributed by atoms with Gasteiger partial charge in [0.05, 0.1) is 5.69 Å². The number of carbonyl (C=O) groups excluding carboxylic acids is 1. The van der Waals surface area contributed by atoms with Crippen LogP contribution in [0, 0.1) is 0 Å². The van der Waals surface area contributed by atoms with Crippen LogP contribution in [-0.2, 0) is 11.3 Å². The van der Waals surface area contributed by atoms with E-state index in [4.69, 9.17) is 11.6 Å². The Labute approximate surface area is 133 Å². The van der Waals surface area contributed by atoms with Crippen molar-refractivity contribution in [1.82, 2.24) is 14.7 Å². The number of hydrogen-bond acceptors (Lipinski definition) is 2. The minimum Gasteiger partial charge on any atom is -0.348 e. The highest BCUT2D eigenvalue weighted by molar-refractivity contribution is 6.31. The third kappa shape index (κ3) is 3.18. The van der Waals surface area contributed by atoms with E-state index in [1.807, 2.05) is 59.1 Å². The number of benzene rings is 1. The van der Waals surface area contributed by atoms with Crippen molar-refractivity contribution in [3.63, 3.8) is 0 Å². The molecule has 4 nitrogen and oxygen atoms in total. The van der Waals surface area contributed by atoms with Crippen LogP contribution in [0.1, 0.15) is 11.3 Å². The lowest BCUT2D eigenvalue weighted by Crippen LogP contribution is -2.20. The van der Waals surface area contributed by atoms with Gasteiger partial charge in [0.2, 0.25) is 5.91 Å². The van der Waals surface area contributed by atoms with Crippen molar-refractivity contribution in [2.45, 2.75) is 6.54 Å². The third-order valence-corrected chi connectivity index (χ3v) is 3.50. The first-order chi connectivity index (χ1) is 10.7. The molecule has 22 heavy (non-hydrogen) atoms. The summed E-state index contributed by atoms with van der Waals surface area (Å²) in [5.74, 6) is -0.175.